The van der Waals surface area contributed by atoms with Crippen LogP contribution in [0.2, 0.25) is 5.02 Å². The van der Waals surface area contributed by atoms with Gasteiger partial charge in [0, 0.05) is 23.0 Å². The normalized spacial score (nSPS) is 15.3. The van der Waals surface area contributed by atoms with E-state index in [1.54, 1.807) is 36.5 Å². The van der Waals surface area contributed by atoms with Crippen molar-refractivity contribution in [1.82, 2.24) is 4.90 Å². The fraction of sp³-hybridized carbons (Fsp3) is 0.312. The largest absolute Gasteiger partial charge is 0.480 e. The van der Waals surface area contributed by atoms with E-state index in [0.29, 0.717) is 17.3 Å². The van der Waals surface area contributed by atoms with Crippen LogP contribution in [0.5, 0.6) is 5.75 Å². The molecule has 0 radical (unpaired) electrons. The number of rotatable bonds is 3. The molecule has 1 aliphatic heterocycles. The lowest BCUT2D eigenvalue weighted by Crippen LogP contribution is -2.42. The Kier molecular flexibility index (Phi) is 4.76. The summed E-state index contributed by atoms with van der Waals surface area (Å²) in [6.07, 6.45) is 0.397. The van der Waals surface area contributed by atoms with Crippen LogP contribution in [-0.2, 0) is 17.8 Å². The number of nitrogens with zero attached hydrogens (tertiary/aromatic N) is 1. The van der Waals surface area contributed by atoms with E-state index in [1.165, 1.54) is 10.4 Å². The maximum atomic E-state index is 12.6. The Hall–Kier alpha value is -1.04. The summed E-state index contributed by atoms with van der Waals surface area (Å²) in [7, 11) is 0. The second-order valence-electron chi connectivity index (χ2n) is 5.21. The number of amides is 1. The standard InChI is InChI=1S/C16H15BrClNO2S/c1-10(21-14-3-2-12(18)8-13(14)17)16(20)19-6-4-15-11(9-19)5-7-22-15/h2-3,5,7-8,10H,4,6,9H2,1H3. The first-order chi connectivity index (χ1) is 10.5. The van der Waals surface area contributed by atoms with E-state index in [4.69, 9.17) is 16.3 Å². The Morgan fingerprint density at radius 1 is 1.45 bits per heavy atom. The van der Waals surface area contributed by atoms with Crippen LogP contribution >= 0.6 is 38.9 Å². The van der Waals surface area contributed by atoms with Crippen LogP contribution in [0.25, 0.3) is 0 Å². The van der Waals surface area contributed by atoms with E-state index in [9.17, 15) is 4.79 Å². The third-order valence-corrected chi connectivity index (χ3v) is 5.54. The first kappa shape index (κ1) is 15.8. The molecule has 0 saturated carbocycles. The second-order valence-corrected chi connectivity index (χ2v) is 7.51. The number of halogens is 2. The van der Waals surface area contributed by atoms with E-state index in [-0.39, 0.29) is 5.91 Å². The van der Waals surface area contributed by atoms with Crippen molar-refractivity contribution in [2.24, 2.45) is 0 Å². The van der Waals surface area contributed by atoms with Gasteiger partial charge in [0.2, 0.25) is 0 Å². The van der Waals surface area contributed by atoms with Crippen LogP contribution in [0.3, 0.4) is 0 Å². The average molecular weight is 401 g/mol. The molecule has 3 rings (SSSR count). The minimum Gasteiger partial charge on any atom is -0.480 e. The number of hydrogen-bond donors (Lipinski definition) is 0. The number of fused-ring (bicyclic) bond motifs is 1. The maximum Gasteiger partial charge on any atom is 0.263 e. The van der Waals surface area contributed by atoms with Gasteiger partial charge < -0.3 is 9.64 Å². The van der Waals surface area contributed by atoms with Gasteiger partial charge in [0.15, 0.2) is 6.10 Å². The van der Waals surface area contributed by atoms with Gasteiger partial charge in [0.25, 0.3) is 5.91 Å². The molecule has 0 bridgehead atoms. The highest BCUT2D eigenvalue weighted by atomic mass is 79.9. The highest BCUT2D eigenvalue weighted by Crippen LogP contribution is 2.29. The molecule has 1 atom stereocenters. The summed E-state index contributed by atoms with van der Waals surface area (Å²) in [5.74, 6) is 0.636. The molecule has 116 valence electrons. The molecule has 3 nitrogen and oxygen atoms in total. The van der Waals surface area contributed by atoms with Crippen molar-refractivity contribution in [2.45, 2.75) is 26.0 Å². The highest BCUT2D eigenvalue weighted by Gasteiger charge is 2.26. The minimum absolute atomic E-state index is 0.0127. The number of hydrogen-bond acceptors (Lipinski definition) is 3. The fourth-order valence-electron chi connectivity index (χ4n) is 2.51. The predicted molar refractivity (Wildman–Crippen MR) is 92.7 cm³/mol. The zero-order chi connectivity index (χ0) is 15.7. The van der Waals surface area contributed by atoms with Crippen molar-refractivity contribution in [3.05, 3.63) is 49.6 Å². The first-order valence-electron chi connectivity index (χ1n) is 7.00. The molecule has 0 saturated heterocycles. The zero-order valence-electron chi connectivity index (χ0n) is 12.0. The molecular formula is C16H15BrClNO2S. The van der Waals surface area contributed by atoms with Crippen molar-refractivity contribution in [2.75, 3.05) is 6.54 Å². The van der Waals surface area contributed by atoms with Gasteiger partial charge in [-0.1, -0.05) is 11.6 Å². The Labute approximate surface area is 147 Å². The van der Waals surface area contributed by atoms with Crippen LogP contribution in [0.4, 0.5) is 0 Å². The highest BCUT2D eigenvalue weighted by molar-refractivity contribution is 9.10. The molecule has 2 heterocycles. The molecular weight excluding hydrogens is 386 g/mol. The van der Waals surface area contributed by atoms with Gasteiger partial charge in [-0.05, 0) is 64.5 Å². The van der Waals surface area contributed by atoms with Crippen molar-refractivity contribution < 1.29 is 9.53 Å². The van der Waals surface area contributed by atoms with Gasteiger partial charge in [-0.2, -0.15) is 0 Å². The molecule has 2 aromatic rings. The summed E-state index contributed by atoms with van der Waals surface area (Å²) >= 11 is 11.1. The molecule has 1 aromatic heterocycles. The molecule has 1 aromatic carbocycles. The van der Waals surface area contributed by atoms with Crippen molar-refractivity contribution in [3.8, 4) is 5.75 Å². The van der Waals surface area contributed by atoms with Crippen LogP contribution in [0.15, 0.2) is 34.1 Å². The molecule has 22 heavy (non-hydrogen) atoms. The molecule has 1 unspecified atom stereocenters. The lowest BCUT2D eigenvalue weighted by molar-refractivity contribution is -0.138. The zero-order valence-corrected chi connectivity index (χ0v) is 15.2. The smallest absolute Gasteiger partial charge is 0.263 e. The third kappa shape index (κ3) is 3.31. The molecule has 0 N–H and O–H groups in total. The van der Waals surface area contributed by atoms with E-state index in [0.717, 1.165) is 17.4 Å². The monoisotopic (exact) mass is 399 g/mol. The second kappa shape index (κ2) is 6.60. The van der Waals surface area contributed by atoms with Gasteiger partial charge in [0.05, 0.1) is 4.47 Å². The summed E-state index contributed by atoms with van der Waals surface area (Å²) in [6, 6.07) is 7.37. The van der Waals surface area contributed by atoms with E-state index >= 15 is 0 Å². The van der Waals surface area contributed by atoms with Crippen LogP contribution < -0.4 is 4.74 Å². The SMILES string of the molecule is CC(Oc1ccc(Cl)cc1Br)C(=O)N1CCc2sccc2C1. The van der Waals surface area contributed by atoms with Gasteiger partial charge in [0.1, 0.15) is 5.75 Å². The maximum absolute atomic E-state index is 12.6. The summed E-state index contributed by atoms with van der Waals surface area (Å²) in [4.78, 5) is 15.8. The van der Waals surface area contributed by atoms with Gasteiger partial charge in [-0.15, -0.1) is 11.3 Å². The number of ether oxygens (including phenoxy) is 1. The number of carbonyl (C=O) groups excluding carboxylic acids is 1. The molecule has 0 fully saturated rings. The summed E-state index contributed by atoms with van der Waals surface area (Å²) in [6.45, 7) is 3.21. The van der Waals surface area contributed by atoms with Crippen molar-refractivity contribution in [3.63, 3.8) is 0 Å². The van der Waals surface area contributed by atoms with Crippen LogP contribution in [0, 0.1) is 0 Å². The molecule has 6 heteroatoms. The topological polar surface area (TPSA) is 29.5 Å². The molecule has 0 aliphatic carbocycles. The van der Waals surface area contributed by atoms with Gasteiger partial charge in [-0.25, -0.2) is 0 Å². The predicted octanol–water partition coefficient (Wildman–Crippen LogP) is 4.52. The Bertz CT molecular complexity index is 703. The Balaban J connectivity index is 1.67. The number of carbonyl (C=O) groups is 1. The van der Waals surface area contributed by atoms with E-state index in [2.05, 4.69) is 27.4 Å². The average Bonchev–Trinajstić information content (AvgIpc) is 2.96. The van der Waals surface area contributed by atoms with Crippen LogP contribution in [-0.4, -0.2) is 23.5 Å². The van der Waals surface area contributed by atoms with E-state index < -0.39 is 6.10 Å². The Morgan fingerprint density at radius 3 is 3.05 bits per heavy atom. The Morgan fingerprint density at radius 2 is 2.27 bits per heavy atom. The first-order valence-corrected chi connectivity index (χ1v) is 9.05. The minimum atomic E-state index is -0.530. The number of thiophene rings is 1. The summed E-state index contributed by atoms with van der Waals surface area (Å²) in [5.41, 5.74) is 1.25. The fourth-order valence-corrected chi connectivity index (χ4v) is 4.17. The lowest BCUT2D eigenvalue weighted by atomic mass is 10.1. The third-order valence-electron chi connectivity index (χ3n) is 3.66. The van der Waals surface area contributed by atoms with E-state index in [1.807, 2.05) is 4.90 Å². The summed E-state index contributed by atoms with van der Waals surface area (Å²) < 4.78 is 6.54. The number of benzene rings is 1. The van der Waals surface area contributed by atoms with Gasteiger partial charge in [-0.3, -0.25) is 4.79 Å². The molecule has 1 aliphatic rings. The van der Waals surface area contributed by atoms with Crippen molar-refractivity contribution >= 4 is 44.8 Å². The molecule has 1 amide bonds. The summed E-state index contributed by atoms with van der Waals surface area (Å²) in [5, 5.41) is 2.71. The lowest BCUT2D eigenvalue weighted by Gasteiger charge is -2.29. The van der Waals surface area contributed by atoms with Crippen molar-refractivity contribution in [1.29, 1.82) is 0 Å². The quantitative estimate of drug-likeness (QED) is 0.758. The van der Waals surface area contributed by atoms with Gasteiger partial charge >= 0.3 is 0 Å². The van der Waals surface area contributed by atoms with Crippen LogP contribution in [0.1, 0.15) is 17.4 Å². The molecule has 0 spiro atoms.